The molecule has 2 heterocycles. The first-order valence-electron chi connectivity index (χ1n) is 12.4. The van der Waals surface area contributed by atoms with Crippen LogP contribution in [0.3, 0.4) is 0 Å². The Kier molecular flexibility index (Phi) is 7.07. The molecule has 2 amide bonds. The van der Waals surface area contributed by atoms with E-state index in [9.17, 15) is 18.0 Å². The van der Waals surface area contributed by atoms with Crippen molar-refractivity contribution < 1.29 is 18.0 Å². The molecule has 1 unspecified atom stereocenters. The van der Waals surface area contributed by atoms with Gasteiger partial charge in [-0.1, -0.05) is 42.8 Å². The molecular formula is C28H28ClN3O4S. The summed E-state index contributed by atoms with van der Waals surface area (Å²) in [5.41, 5.74) is 1.35. The number of anilines is 1. The van der Waals surface area contributed by atoms with Crippen molar-refractivity contribution in [2.45, 2.75) is 42.1 Å². The average molecular weight is 538 g/mol. The van der Waals surface area contributed by atoms with Gasteiger partial charge in [-0.15, -0.1) is 0 Å². The predicted molar refractivity (Wildman–Crippen MR) is 143 cm³/mol. The fourth-order valence-electron chi connectivity index (χ4n) is 5.13. The third-order valence-electron chi connectivity index (χ3n) is 7.11. The SMILES string of the molecule is CCN1CCCC1CNC(=O)c1ccc2c(c1)N(Cc1ccc(Cl)cc1)C(=O)c1ccccc1S2(=O)=O. The number of rotatable bonds is 6. The summed E-state index contributed by atoms with van der Waals surface area (Å²) in [7, 11) is -4.00. The summed E-state index contributed by atoms with van der Waals surface area (Å²) < 4.78 is 27.3. The molecule has 2 aliphatic heterocycles. The van der Waals surface area contributed by atoms with E-state index in [1.54, 1.807) is 36.4 Å². The molecule has 2 aliphatic rings. The van der Waals surface area contributed by atoms with E-state index in [2.05, 4.69) is 17.1 Å². The Morgan fingerprint density at radius 2 is 1.81 bits per heavy atom. The van der Waals surface area contributed by atoms with Gasteiger partial charge < -0.3 is 10.2 Å². The van der Waals surface area contributed by atoms with Crippen molar-refractivity contribution in [1.82, 2.24) is 10.2 Å². The summed E-state index contributed by atoms with van der Waals surface area (Å²) in [6.45, 7) is 4.69. The van der Waals surface area contributed by atoms with Crippen LogP contribution in [0.25, 0.3) is 0 Å². The zero-order chi connectivity index (χ0) is 26.2. The van der Waals surface area contributed by atoms with Crippen LogP contribution in [-0.2, 0) is 16.4 Å². The standard InChI is InChI=1S/C28H28ClN3O4S/c1-2-31-15-5-6-22(31)17-30-27(33)20-11-14-26-24(16-20)32(18-19-9-12-21(29)13-10-19)28(34)23-7-3-4-8-25(23)37(26,35)36/h3-4,7-14,16,22H,2,5-6,15,17-18H2,1H3,(H,30,33). The van der Waals surface area contributed by atoms with E-state index < -0.39 is 15.7 Å². The maximum atomic E-state index is 13.7. The highest BCUT2D eigenvalue weighted by Crippen LogP contribution is 2.38. The molecule has 3 aromatic carbocycles. The number of nitrogens with zero attached hydrogens (tertiary/aromatic N) is 2. The van der Waals surface area contributed by atoms with Crippen molar-refractivity contribution in [2.24, 2.45) is 0 Å². The number of halogens is 1. The summed E-state index contributed by atoms with van der Waals surface area (Å²) in [6, 6.07) is 18.0. The Hall–Kier alpha value is -3.20. The lowest BCUT2D eigenvalue weighted by molar-refractivity contribution is 0.0938. The molecular weight excluding hydrogens is 510 g/mol. The van der Waals surface area contributed by atoms with Gasteiger partial charge in [0.1, 0.15) is 0 Å². The van der Waals surface area contributed by atoms with Gasteiger partial charge in [0.15, 0.2) is 0 Å². The number of carbonyl (C=O) groups is 2. The quantitative estimate of drug-likeness (QED) is 0.498. The summed E-state index contributed by atoms with van der Waals surface area (Å²) >= 11 is 6.04. The van der Waals surface area contributed by atoms with Crippen LogP contribution in [0.5, 0.6) is 0 Å². The Morgan fingerprint density at radius 1 is 1.05 bits per heavy atom. The van der Waals surface area contributed by atoms with E-state index in [4.69, 9.17) is 11.6 Å². The first-order valence-corrected chi connectivity index (χ1v) is 14.2. The maximum Gasteiger partial charge on any atom is 0.259 e. The van der Waals surface area contributed by atoms with Crippen LogP contribution in [0.2, 0.25) is 5.02 Å². The van der Waals surface area contributed by atoms with Crippen molar-refractivity contribution in [3.05, 3.63) is 88.4 Å². The first-order chi connectivity index (χ1) is 17.8. The van der Waals surface area contributed by atoms with E-state index in [-0.39, 0.29) is 39.5 Å². The molecule has 1 saturated heterocycles. The largest absolute Gasteiger partial charge is 0.350 e. The Balaban J connectivity index is 1.54. The summed E-state index contributed by atoms with van der Waals surface area (Å²) in [6.07, 6.45) is 2.13. The number of nitrogens with one attached hydrogen (secondary N) is 1. The van der Waals surface area contributed by atoms with Crippen molar-refractivity contribution in [1.29, 1.82) is 0 Å². The molecule has 0 saturated carbocycles. The first kappa shape index (κ1) is 25.4. The third-order valence-corrected chi connectivity index (χ3v) is 9.22. The smallest absolute Gasteiger partial charge is 0.259 e. The van der Waals surface area contributed by atoms with Crippen LogP contribution in [0, 0.1) is 0 Å². The molecule has 1 N–H and O–H groups in total. The Labute approximate surface area is 222 Å². The molecule has 0 bridgehead atoms. The second kappa shape index (κ2) is 10.3. The number of likely N-dealkylation sites (tertiary alicyclic amines) is 1. The molecule has 0 radical (unpaired) electrons. The van der Waals surface area contributed by atoms with Gasteiger partial charge in [0.2, 0.25) is 9.84 Å². The summed E-state index contributed by atoms with van der Waals surface area (Å²) in [4.78, 5) is 30.6. The van der Waals surface area contributed by atoms with Gasteiger partial charge in [0.05, 0.1) is 27.6 Å². The maximum absolute atomic E-state index is 13.7. The van der Waals surface area contributed by atoms with Crippen LogP contribution in [0.4, 0.5) is 5.69 Å². The van der Waals surface area contributed by atoms with E-state index in [1.165, 1.54) is 35.2 Å². The van der Waals surface area contributed by atoms with Gasteiger partial charge in [-0.3, -0.25) is 14.5 Å². The van der Waals surface area contributed by atoms with E-state index in [0.29, 0.717) is 17.1 Å². The van der Waals surface area contributed by atoms with Crippen LogP contribution in [0.1, 0.15) is 46.0 Å². The predicted octanol–water partition coefficient (Wildman–Crippen LogP) is 4.55. The zero-order valence-corrected chi connectivity index (χ0v) is 22.1. The minimum absolute atomic E-state index is 0.00994. The number of sulfone groups is 1. The van der Waals surface area contributed by atoms with Crippen molar-refractivity contribution >= 4 is 38.9 Å². The molecule has 1 atom stereocenters. The van der Waals surface area contributed by atoms with Crippen LogP contribution >= 0.6 is 11.6 Å². The Morgan fingerprint density at radius 3 is 2.57 bits per heavy atom. The van der Waals surface area contributed by atoms with Crippen molar-refractivity contribution in [2.75, 3.05) is 24.5 Å². The molecule has 3 aromatic rings. The molecule has 0 aliphatic carbocycles. The fraction of sp³-hybridized carbons (Fsp3) is 0.286. The monoisotopic (exact) mass is 537 g/mol. The normalized spacial score (nSPS) is 18.7. The van der Waals surface area contributed by atoms with Crippen LogP contribution in [0.15, 0.2) is 76.5 Å². The minimum Gasteiger partial charge on any atom is -0.350 e. The summed E-state index contributed by atoms with van der Waals surface area (Å²) in [5, 5.41) is 3.56. The molecule has 7 nitrogen and oxygen atoms in total. The van der Waals surface area contributed by atoms with Crippen molar-refractivity contribution in [3.8, 4) is 0 Å². The van der Waals surface area contributed by atoms with Gasteiger partial charge in [-0.2, -0.15) is 0 Å². The van der Waals surface area contributed by atoms with Gasteiger partial charge in [0, 0.05) is 23.2 Å². The topological polar surface area (TPSA) is 86.8 Å². The number of likely N-dealkylation sites (N-methyl/N-ethyl adjacent to an activating group) is 1. The number of benzene rings is 3. The lowest BCUT2D eigenvalue weighted by atomic mass is 10.1. The molecule has 37 heavy (non-hydrogen) atoms. The lowest BCUT2D eigenvalue weighted by Crippen LogP contribution is -2.40. The van der Waals surface area contributed by atoms with Gasteiger partial charge in [0.25, 0.3) is 11.8 Å². The van der Waals surface area contributed by atoms with E-state index >= 15 is 0 Å². The van der Waals surface area contributed by atoms with Gasteiger partial charge in [-0.05, 0) is 74.0 Å². The highest BCUT2D eigenvalue weighted by Gasteiger charge is 2.36. The van der Waals surface area contributed by atoms with Crippen LogP contribution < -0.4 is 10.2 Å². The summed E-state index contributed by atoms with van der Waals surface area (Å²) in [5.74, 6) is -0.751. The molecule has 0 spiro atoms. The molecule has 1 fully saturated rings. The van der Waals surface area contributed by atoms with Crippen LogP contribution in [-0.4, -0.2) is 50.8 Å². The average Bonchev–Trinajstić information content (AvgIpc) is 3.36. The number of hydrogen-bond acceptors (Lipinski definition) is 5. The van der Waals surface area contributed by atoms with Gasteiger partial charge >= 0.3 is 0 Å². The number of fused-ring (bicyclic) bond motifs is 2. The van der Waals surface area contributed by atoms with Gasteiger partial charge in [-0.25, -0.2) is 8.42 Å². The fourth-order valence-corrected chi connectivity index (χ4v) is 6.89. The number of amides is 2. The second-order valence-corrected chi connectivity index (χ2v) is 11.7. The highest BCUT2D eigenvalue weighted by molar-refractivity contribution is 7.91. The lowest BCUT2D eigenvalue weighted by Gasteiger charge is -2.24. The second-order valence-electron chi connectivity index (χ2n) is 9.33. The third kappa shape index (κ3) is 4.89. The molecule has 9 heteroatoms. The van der Waals surface area contributed by atoms with Crippen molar-refractivity contribution in [3.63, 3.8) is 0 Å². The number of carbonyl (C=O) groups excluding carboxylic acids is 2. The molecule has 0 aromatic heterocycles. The zero-order valence-electron chi connectivity index (χ0n) is 20.5. The number of hydrogen-bond donors (Lipinski definition) is 1. The minimum atomic E-state index is -4.00. The highest BCUT2D eigenvalue weighted by atomic mass is 35.5. The van der Waals surface area contributed by atoms with E-state index in [1.807, 2.05) is 0 Å². The van der Waals surface area contributed by atoms with E-state index in [0.717, 1.165) is 31.5 Å². The molecule has 5 rings (SSSR count). The Bertz CT molecular complexity index is 1460. The molecule has 192 valence electrons.